The summed E-state index contributed by atoms with van der Waals surface area (Å²) in [5.41, 5.74) is 3.00. The van der Waals surface area contributed by atoms with Gasteiger partial charge in [0.15, 0.2) is 0 Å². The van der Waals surface area contributed by atoms with Gasteiger partial charge in [-0.3, -0.25) is 4.79 Å². The number of piperazine rings is 1. The number of aromatic nitrogens is 1. The zero-order valence-electron chi connectivity index (χ0n) is 16.2. The van der Waals surface area contributed by atoms with E-state index in [9.17, 15) is 4.79 Å². The number of halogens is 1. The van der Waals surface area contributed by atoms with Gasteiger partial charge in [0.05, 0.1) is 16.3 Å². The first kappa shape index (κ1) is 19.7. The number of rotatable bonds is 5. The van der Waals surface area contributed by atoms with Crippen molar-refractivity contribution in [2.75, 3.05) is 26.2 Å². The fourth-order valence-electron chi connectivity index (χ4n) is 3.36. The van der Waals surface area contributed by atoms with Crippen molar-refractivity contribution in [3.05, 3.63) is 65.3 Å². The molecule has 1 aromatic heterocycles. The highest BCUT2D eigenvalue weighted by atomic mass is 35.5. The second-order valence-corrected chi connectivity index (χ2v) is 8.46. The van der Waals surface area contributed by atoms with Crippen LogP contribution in [0.5, 0.6) is 10.9 Å². The number of amides is 1. The van der Waals surface area contributed by atoms with E-state index in [1.165, 1.54) is 16.9 Å². The number of fused-ring (bicyclic) bond motifs is 1. The number of hydrogen-bond donors (Lipinski definition) is 0. The lowest BCUT2D eigenvalue weighted by molar-refractivity contribution is -0.129. The molecule has 0 atom stereocenters. The molecule has 0 radical (unpaired) electrons. The molecule has 0 spiro atoms. The predicted molar refractivity (Wildman–Crippen MR) is 118 cm³/mol. The Morgan fingerprint density at radius 3 is 2.72 bits per heavy atom. The van der Waals surface area contributed by atoms with Crippen LogP contribution in [-0.4, -0.2) is 46.9 Å². The Balaban J connectivity index is 1.34. The highest BCUT2D eigenvalue weighted by molar-refractivity contribution is 7.20. The van der Waals surface area contributed by atoms with E-state index < -0.39 is 0 Å². The Morgan fingerprint density at radius 2 is 2.03 bits per heavy atom. The van der Waals surface area contributed by atoms with Gasteiger partial charge in [0.1, 0.15) is 11.3 Å². The molecular weight excluding hydrogens is 406 g/mol. The third-order valence-electron chi connectivity index (χ3n) is 5.05. The molecule has 4 rings (SSSR count). The van der Waals surface area contributed by atoms with Crippen LogP contribution in [0.25, 0.3) is 10.2 Å². The van der Waals surface area contributed by atoms with Gasteiger partial charge in [-0.1, -0.05) is 47.7 Å². The summed E-state index contributed by atoms with van der Waals surface area (Å²) in [6.45, 7) is 8.83. The molecule has 0 saturated carbocycles. The normalized spacial score (nSPS) is 14.5. The lowest BCUT2D eigenvalue weighted by atomic mass is 10.1. The number of carbonyl (C=O) groups excluding carboxylic acids is 1. The van der Waals surface area contributed by atoms with Crippen LogP contribution in [0.15, 0.2) is 54.7 Å². The van der Waals surface area contributed by atoms with E-state index in [0.717, 1.165) is 47.7 Å². The Bertz CT molecular complexity index is 1050. The number of hydrogen-bond acceptors (Lipinski definition) is 5. The van der Waals surface area contributed by atoms with Crippen molar-refractivity contribution < 1.29 is 9.53 Å². The second-order valence-electron chi connectivity index (χ2n) is 7.06. The molecule has 1 saturated heterocycles. The molecule has 1 aliphatic rings. The summed E-state index contributed by atoms with van der Waals surface area (Å²) >= 11 is 7.67. The Hall–Kier alpha value is -2.57. The number of thiazole rings is 1. The molecule has 3 aromatic rings. The topological polar surface area (TPSA) is 45.7 Å². The zero-order valence-corrected chi connectivity index (χ0v) is 17.8. The van der Waals surface area contributed by atoms with Crippen LogP contribution in [0.3, 0.4) is 0 Å². The molecule has 5 nitrogen and oxygen atoms in total. The van der Waals surface area contributed by atoms with Crippen LogP contribution < -0.4 is 4.74 Å². The minimum atomic E-state index is 0.108. The molecule has 29 heavy (non-hydrogen) atoms. The standard InChI is InChI=1S/C22H22ClN3O2S/c1-15-14-26(16(2)27)13-12-25(15)11-10-17-6-8-18(9-7-17)28-22-24-21-19(23)4-3-5-20(21)29-22/h3-9H,1,10-14H2,2H3. The summed E-state index contributed by atoms with van der Waals surface area (Å²) in [6, 6.07) is 13.8. The highest BCUT2D eigenvalue weighted by Crippen LogP contribution is 2.34. The summed E-state index contributed by atoms with van der Waals surface area (Å²) in [6.07, 6.45) is 0.913. The monoisotopic (exact) mass is 427 g/mol. The Labute approximate surface area is 179 Å². The number of ether oxygens (including phenoxy) is 1. The first-order valence-corrected chi connectivity index (χ1v) is 10.7. The molecule has 1 aliphatic heterocycles. The van der Waals surface area contributed by atoms with Crippen LogP contribution in [0, 0.1) is 0 Å². The van der Waals surface area contributed by atoms with Crippen LogP contribution in [0.2, 0.25) is 5.02 Å². The van der Waals surface area contributed by atoms with Crippen LogP contribution in [-0.2, 0) is 11.2 Å². The van der Waals surface area contributed by atoms with Crippen molar-refractivity contribution in [1.29, 1.82) is 0 Å². The second kappa shape index (κ2) is 8.43. The maximum absolute atomic E-state index is 11.5. The molecule has 0 aliphatic carbocycles. The van der Waals surface area contributed by atoms with Crippen molar-refractivity contribution in [3.63, 3.8) is 0 Å². The van der Waals surface area contributed by atoms with Crippen LogP contribution in [0.4, 0.5) is 0 Å². The number of carbonyl (C=O) groups is 1. The molecule has 2 heterocycles. The van der Waals surface area contributed by atoms with Gasteiger partial charge in [0.25, 0.3) is 5.19 Å². The summed E-state index contributed by atoms with van der Waals surface area (Å²) in [7, 11) is 0. The minimum absolute atomic E-state index is 0.108. The van der Waals surface area contributed by atoms with Crippen molar-refractivity contribution >= 4 is 39.1 Å². The summed E-state index contributed by atoms with van der Waals surface area (Å²) in [5, 5.41) is 1.22. The van der Waals surface area contributed by atoms with E-state index in [2.05, 4.69) is 28.6 Å². The lowest BCUT2D eigenvalue weighted by Crippen LogP contribution is -2.46. The van der Waals surface area contributed by atoms with E-state index >= 15 is 0 Å². The largest absolute Gasteiger partial charge is 0.431 e. The average Bonchev–Trinajstić information content (AvgIpc) is 3.12. The Kier molecular flexibility index (Phi) is 5.74. The lowest BCUT2D eigenvalue weighted by Gasteiger charge is -2.37. The maximum atomic E-state index is 11.5. The van der Waals surface area contributed by atoms with Crippen LogP contribution in [0.1, 0.15) is 12.5 Å². The predicted octanol–water partition coefficient (Wildman–Crippen LogP) is 4.96. The number of para-hydroxylation sites is 1. The van der Waals surface area contributed by atoms with E-state index in [1.807, 2.05) is 35.2 Å². The molecule has 7 heteroatoms. The summed E-state index contributed by atoms with van der Waals surface area (Å²) in [5.74, 6) is 0.861. The third-order valence-corrected chi connectivity index (χ3v) is 6.26. The van der Waals surface area contributed by atoms with Crippen molar-refractivity contribution in [2.24, 2.45) is 0 Å². The maximum Gasteiger partial charge on any atom is 0.279 e. The Morgan fingerprint density at radius 1 is 1.24 bits per heavy atom. The van der Waals surface area contributed by atoms with E-state index in [1.54, 1.807) is 6.92 Å². The average molecular weight is 428 g/mol. The molecule has 2 aromatic carbocycles. The van der Waals surface area contributed by atoms with Crippen molar-refractivity contribution in [3.8, 4) is 10.9 Å². The number of benzene rings is 2. The minimum Gasteiger partial charge on any atom is -0.431 e. The van der Waals surface area contributed by atoms with Gasteiger partial charge < -0.3 is 14.5 Å². The summed E-state index contributed by atoms with van der Waals surface area (Å²) < 4.78 is 6.91. The smallest absolute Gasteiger partial charge is 0.279 e. The van der Waals surface area contributed by atoms with Gasteiger partial charge in [-0.05, 0) is 36.2 Å². The van der Waals surface area contributed by atoms with Crippen molar-refractivity contribution in [1.82, 2.24) is 14.8 Å². The first-order valence-electron chi connectivity index (χ1n) is 9.49. The van der Waals surface area contributed by atoms with Crippen molar-refractivity contribution in [2.45, 2.75) is 13.3 Å². The molecule has 0 N–H and O–H groups in total. The molecule has 1 amide bonds. The van der Waals surface area contributed by atoms with Gasteiger partial charge in [-0.15, -0.1) is 0 Å². The van der Waals surface area contributed by atoms with E-state index in [0.29, 0.717) is 16.8 Å². The van der Waals surface area contributed by atoms with Gasteiger partial charge in [0, 0.05) is 32.3 Å². The third kappa shape index (κ3) is 4.54. The SMILES string of the molecule is C=C1CN(C(C)=O)CCN1CCc1ccc(Oc2nc3c(Cl)cccc3s2)cc1. The van der Waals surface area contributed by atoms with E-state index in [4.69, 9.17) is 16.3 Å². The summed E-state index contributed by atoms with van der Waals surface area (Å²) in [4.78, 5) is 20.1. The number of nitrogens with zero attached hydrogens (tertiary/aromatic N) is 3. The van der Waals surface area contributed by atoms with Gasteiger partial charge >= 0.3 is 0 Å². The molecule has 1 fully saturated rings. The molecule has 0 bridgehead atoms. The van der Waals surface area contributed by atoms with Gasteiger partial charge in [-0.25, -0.2) is 4.98 Å². The first-order chi connectivity index (χ1) is 14.0. The van der Waals surface area contributed by atoms with Gasteiger partial charge in [0.2, 0.25) is 5.91 Å². The van der Waals surface area contributed by atoms with E-state index in [-0.39, 0.29) is 5.91 Å². The fourth-order valence-corrected chi connectivity index (χ4v) is 4.50. The zero-order chi connectivity index (χ0) is 20.4. The molecular formula is C22H22ClN3O2S. The quantitative estimate of drug-likeness (QED) is 0.577. The molecule has 150 valence electrons. The molecule has 0 unspecified atom stereocenters. The van der Waals surface area contributed by atoms with Gasteiger partial charge in [-0.2, -0.15) is 0 Å². The van der Waals surface area contributed by atoms with Crippen LogP contribution >= 0.6 is 22.9 Å². The fraction of sp³-hybridized carbons (Fsp3) is 0.273. The highest BCUT2D eigenvalue weighted by Gasteiger charge is 2.20.